The third kappa shape index (κ3) is 2.74. The van der Waals surface area contributed by atoms with Crippen molar-refractivity contribution in [1.82, 2.24) is 14.5 Å². The van der Waals surface area contributed by atoms with Crippen LogP contribution in [0.2, 0.25) is 5.02 Å². The number of benzene rings is 1. The van der Waals surface area contributed by atoms with Gasteiger partial charge in [0.15, 0.2) is 6.04 Å². The molecule has 3 heterocycles. The molecular weight excluding hydrogens is 422 g/mol. The van der Waals surface area contributed by atoms with Crippen molar-refractivity contribution in [2.24, 2.45) is 0 Å². The van der Waals surface area contributed by atoms with Gasteiger partial charge in [-0.2, -0.15) is 0 Å². The molecule has 0 fully saturated rings. The molecule has 8 heteroatoms. The molecule has 136 valence electrons. The van der Waals surface area contributed by atoms with Gasteiger partial charge in [0.2, 0.25) is 0 Å². The van der Waals surface area contributed by atoms with E-state index in [9.17, 15) is 9.59 Å². The first kappa shape index (κ1) is 17.5. The minimum Gasteiger partial charge on any atom is -0.464 e. The number of fused-ring (bicyclic) bond motifs is 2. The van der Waals surface area contributed by atoms with Crippen molar-refractivity contribution in [2.45, 2.75) is 38.9 Å². The van der Waals surface area contributed by atoms with Gasteiger partial charge in [-0.05, 0) is 31.9 Å². The smallest absolute Gasteiger partial charge is 0.335 e. The zero-order valence-electron chi connectivity index (χ0n) is 14.2. The van der Waals surface area contributed by atoms with Gasteiger partial charge >= 0.3 is 5.97 Å². The predicted molar refractivity (Wildman–Crippen MR) is 98.9 cm³/mol. The molecule has 6 nitrogen and oxygen atoms in total. The predicted octanol–water partition coefficient (Wildman–Crippen LogP) is 3.51. The Hall–Kier alpha value is -1.86. The summed E-state index contributed by atoms with van der Waals surface area (Å²) < 4.78 is 8.05. The van der Waals surface area contributed by atoms with E-state index < -0.39 is 12.0 Å². The average molecular weight is 439 g/mol. The van der Waals surface area contributed by atoms with Gasteiger partial charge in [-0.3, -0.25) is 4.79 Å². The lowest BCUT2D eigenvalue weighted by atomic mass is 10.1. The summed E-state index contributed by atoms with van der Waals surface area (Å²) in [5, 5.41) is 0.503. The van der Waals surface area contributed by atoms with Gasteiger partial charge in [0.1, 0.15) is 0 Å². The normalized spacial score (nSPS) is 16.6. The quantitative estimate of drug-likeness (QED) is 0.685. The molecule has 0 spiro atoms. The lowest BCUT2D eigenvalue weighted by Crippen LogP contribution is -2.36. The third-order valence-corrected chi connectivity index (χ3v) is 5.65. The van der Waals surface area contributed by atoms with Crippen molar-refractivity contribution in [3.8, 4) is 0 Å². The molecule has 0 radical (unpaired) electrons. The molecule has 0 aliphatic carbocycles. The summed E-state index contributed by atoms with van der Waals surface area (Å²) in [7, 11) is 0. The van der Waals surface area contributed by atoms with Crippen LogP contribution in [-0.4, -0.2) is 32.9 Å². The van der Waals surface area contributed by atoms with Crippen LogP contribution < -0.4 is 0 Å². The summed E-state index contributed by atoms with van der Waals surface area (Å²) in [6, 6.07) is 2.63. The Balaban J connectivity index is 1.77. The van der Waals surface area contributed by atoms with Crippen molar-refractivity contribution < 1.29 is 14.3 Å². The van der Waals surface area contributed by atoms with E-state index in [0.717, 1.165) is 35.1 Å². The minimum absolute atomic E-state index is 0.235. The highest BCUT2D eigenvalue weighted by Crippen LogP contribution is 2.38. The first-order valence-electron chi connectivity index (χ1n) is 8.50. The molecule has 1 aromatic heterocycles. The first-order chi connectivity index (χ1) is 12.5. The number of imidazole rings is 1. The van der Waals surface area contributed by atoms with E-state index in [0.29, 0.717) is 16.3 Å². The van der Waals surface area contributed by atoms with Crippen molar-refractivity contribution in [2.75, 3.05) is 6.61 Å². The number of carbonyl (C=O) groups is 2. The van der Waals surface area contributed by atoms with E-state index >= 15 is 0 Å². The average Bonchev–Trinajstić information content (AvgIpc) is 3.26. The molecule has 0 saturated heterocycles. The number of carbonyl (C=O) groups excluding carboxylic acids is 2. The Labute approximate surface area is 164 Å². The second-order valence-corrected chi connectivity index (χ2v) is 7.70. The van der Waals surface area contributed by atoms with Crippen LogP contribution in [0.15, 0.2) is 22.9 Å². The molecule has 2 aromatic rings. The van der Waals surface area contributed by atoms with Crippen molar-refractivity contribution >= 4 is 39.4 Å². The second-order valence-electron chi connectivity index (χ2n) is 6.37. The fourth-order valence-electron chi connectivity index (χ4n) is 3.70. The zero-order valence-corrected chi connectivity index (χ0v) is 16.5. The second kappa shape index (κ2) is 6.70. The molecule has 4 rings (SSSR count). The van der Waals surface area contributed by atoms with Crippen molar-refractivity contribution in [3.63, 3.8) is 0 Å². The molecule has 1 aromatic carbocycles. The number of hydrogen-bond donors (Lipinski definition) is 0. The van der Waals surface area contributed by atoms with E-state index in [-0.39, 0.29) is 19.1 Å². The Morgan fingerprint density at radius 2 is 2.27 bits per heavy atom. The summed E-state index contributed by atoms with van der Waals surface area (Å²) in [5.41, 5.74) is 2.84. The van der Waals surface area contributed by atoms with Gasteiger partial charge in [0, 0.05) is 39.4 Å². The first-order valence-corrected chi connectivity index (χ1v) is 9.67. The molecule has 0 saturated carbocycles. The zero-order chi connectivity index (χ0) is 18.4. The van der Waals surface area contributed by atoms with E-state index in [1.54, 1.807) is 25.4 Å². The molecule has 1 amide bonds. The Bertz CT molecular complexity index is 911. The fourth-order valence-corrected chi connectivity index (χ4v) is 4.57. The van der Waals surface area contributed by atoms with E-state index in [4.69, 9.17) is 16.3 Å². The summed E-state index contributed by atoms with van der Waals surface area (Å²) in [4.78, 5) is 31.8. The highest BCUT2D eigenvalue weighted by Gasteiger charge is 2.42. The maximum absolute atomic E-state index is 13.1. The van der Waals surface area contributed by atoms with Crippen LogP contribution in [0.5, 0.6) is 0 Å². The van der Waals surface area contributed by atoms with Crippen LogP contribution in [0.3, 0.4) is 0 Å². The molecule has 2 aliphatic rings. The number of halogens is 2. The van der Waals surface area contributed by atoms with Crippen molar-refractivity contribution in [3.05, 3.63) is 50.5 Å². The fraction of sp³-hybridized carbons (Fsp3) is 0.389. The number of hydrogen-bond acceptors (Lipinski definition) is 4. The Morgan fingerprint density at radius 1 is 1.46 bits per heavy atom. The van der Waals surface area contributed by atoms with E-state index in [2.05, 4.69) is 20.9 Å². The number of esters is 1. The number of ether oxygens (including phenoxy) is 1. The standard InChI is InChI=1S/C18H17BrClN3O3/c1-2-26-18(25)16(15-14-4-3-5-22(14)9-21-15)23-8-12-11(17(23)24)6-10(19)7-13(12)20/h6-7,9,16H,2-5,8H2,1H3. The Kier molecular flexibility index (Phi) is 4.52. The molecule has 1 atom stereocenters. The van der Waals surface area contributed by atoms with E-state index in [1.807, 2.05) is 4.57 Å². The maximum Gasteiger partial charge on any atom is 0.335 e. The van der Waals surface area contributed by atoms with E-state index in [1.165, 1.54) is 4.90 Å². The molecule has 0 N–H and O–H groups in total. The summed E-state index contributed by atoms with van der Waals surface area (Å²) in [5.74, 6) is -0.696. The largest absolute Gasteiger partial charge is 0.464 e. The van der Waals surface area contributed by atoms with Crippen molar-refractivity contribution in [1.29, 1.82) is 0 Å². The van der Waals surface area contributed by atoms with Gasteiger partial charge in [-0.15, -0.1) is 0 Å². The van der Waals surface area contributed by atoms with Crippen LogP contribution in [0.25, 0.3) is 0 Å². The van der Waals surface area contributed by atoms with Crippen LogP contribution in [0.4, 0.5) is 0 Å². The molecule has 2 aliphatic heterocycles. The summed E-state index contributed by atoms with van der Waals surface area (Å²) in [6.45, 7) is 3.13. The number of nitrogens with zero attached hydrogens (tertiary/aromatic N) is 3. The SMILES string of the molecule is CCOC(=O)C(c1ncn2c1CCC2)N1Cc2c(Cl)cc(Br)cc2C1=O. The molecule has 26 heavy (non-hydrogen) atoms. The van der Waals surface area contributed by atoms with Crippen LogP contribution in [0, 0.1) is 0 Å². The highest BCUT2D eigenvalue weighted by molar-refractivity contribution is 9.10. The summed E-state index contributed by atoms with van der Waals surface area (Å²) in [6.07, 6.45) is 3.58. The maximum atomic E-state index is 13.1. The van der Waals surface area contributed by atoms with Gasteiger partial charge in [-0.25, -0.2) is 9.78 Å². The number of rotatable bonds is 4. The van der Waals surface area contributed by atoms with Gasteiger partial charge in [0.25, 0.3) is 5.91 Å². The summed E-state index contributed by atoms with van der Waals surface area (Å²) >= 11 is 9.70. The third-order valence-electron chi connectivity index (χ3n) is 4.85. The topological polar surface area (TPSA) is 64.4 Å². The number of aryl methyl sites for hydroxylation is 1. The van der Waals surface area contributed by atoms with Gasteiger partial charge in [0.05, 0.1) is 18.6 Å². The number of aromatic nitrogens is 2. The molecule has 0 bridgehead atoms. The van der Waals surface area contributed by atoms with Crippen LogP contribution in [-0.2, 0) is 29.0 Å². The van der Waals surface area contributed by atoms with Crippen LogP contribution in [0.1, 0.15) is 46.7 Å². The number of amides is 1. The van der Waals surface area contributed by atoms with Crippen LogP contribution >= 0.6 is 27.5 Å². The van der Waals surface area contributed by atoms with Gasteiger partial charge < -0.3 is 14.2 Å². The molecular formula is C18H17BrClN3O3. The lowest BCUT2D eigenvalue weighted by molar-refractivity contribution is -0.149. The lowest BCUT2D eigenvalue weighted by Gasteiger charge is -2.25. The Morgan fingerprint density at radius 3 is 3.04 bits per heavy atom. The highest BCUT2D eigenvalue weighted by atomic mass is 79.9. The molecule has 1 unspecified atom stereocenters. The monoisotopic (exact) mass is 437 g/mol. The van der Waals surface area contributed by atoms with Gasteiger partial charge in [-0.1, -0.05) is 27.5 Å². The minimum atomic E-state index is -0.862.